The third-order valence-corrected chi connectivity index (χ3v) is 5.34. The normalized spacial score (nSPS) is 10.4. The van der Waals surface area contributed by atoms with Gasteiger partial charge in [0.05, 0.1) is 12.2 Å². The zero-order chi connectivity index (χ0) is 20.1. The summed E-state index contributed by atoms with van der Waals surface area (Å²) in [6.45, 7) is 2.30. The fourth-order valence-electron chi connectivity index (χ4n) is 2.79. The van der Waals surface area contributed by atoms with Crippen LogP contribution in [0.15, 0.2) is 61.1 Å². The average molecular weight is 402 g/mol. The van der Waals surface area contributed by atoms with Crippen LogP contribution in [0.1, 0.15) is 15.4 Å². The largest absolute Gasteiger partial charge is 0.479 e. The molecule has 0 aliphatic rings. The molecule has 6 nitrogen and oxygen atoms in total. The first-order valence-corrected chi connectivity index (χ1v) is 9.85. The Morgan fingerprint density at radius 1 is 1.17 bits per heavy atom. The Morgan fingerprint density at radius 2 is 2.00 bits per heavy atom. The van der Waals surface area contributed by atoms with Gasteiger partial charge in [0.25, 0.3) is 5.91 Å². The van der Waals surface area contributed by atoms with Gasteiger partial charge in [0.1, 0.15) is 22.8 Å². The van der Waals surface area contributed by atoms with E-state index in [-0.39, 0.29) is 19.1 Å². The summed E-state index contributed by atoms with van der Waals surface area (Å²) in [7, 11) is 0. The van der Waals surface area contributed by atoms with Gasteiger partial charge in [0.15, 0.2) is 5.13 Å². The molecule has 29 heavy (non-hydrogen) atoms. The van der Waals surface area contributed by atoms with Gasteiger partial charge in [-0.15, -0.1) is 0 Å². The summed E-state index contributed by atoms with van der Waals surface area (Å²) in [5, 5.41) is 4.59. The number of nitrogens with one attached hydrogen (secondary N) is 1. The van der Waals surface area contributed by atoms with Crippen LogP contribution in [0.25, 0.3) is 16.0 Å². The molecule has 0 atom stereocenters. The number of benzene rings is 1. The first kappa shape index (κ1) is 18.7. The number of ether oxygens (including phenoxy) is 1. The van der Waals surface area contributed by atoms with Gasteiger partial charge < -0.3 is 14.6 Å². The highest BCUT2D eigenvalue weighted by molar-refractivity contribution is 7.16. The lowest BCUT2D eigenvalue weighted by Crippen LogP contribution is -2.23. The van der Waals surface area contributed by atoms with E-state index in [0.29, 0.717) is 16.3 Å². The molecule has 144 valence electrons. The number of nitrogens with zero attached hydrogens (tertiary/aromatic N) is 3. The van der Waals surface area contributed by atoms with Gasteiger partial charge in [0.2, 0.25) is 0 Å². The number of aryl methyl sites for hydroxylation is 1. The number of carbonyl (C=O) groups is 1. The number of para-hydroxylation sites is 1. The van der Waals surface area contributed by atoms with E-state index < -0.39 is 0 Å². The predicted octanol–water partition coefficient (Wildman–Crippen LogP) is 3.60. The smallest absolute Gasteiger partial charge is 0.264 e. The van der Waals surface area contributed by atoms with Crippen molar-refractivity contribution in [2.45, 2.75) is 6.92 Å². The second-order valence-corrected chi connectivity index (χ2v) is 7.13. The average Bonchev–Trinajstić information content (AvgIpc) is 3.40. The number of pyridine rings is 1. The molecule has 0 aliphatic heterocycles. The van der Waals surface area contributed by atoms with Crippen molar-refractivity contribution in [1.82, 2.24) is 19.9 Å². The molecule has 0 fully saturated rings. The summed E-state index contributed by atoms with van der Waals surface area (Å²) >= 11 is 1.35. The molecule has 3 heterocycles. The van der Waals surface area contributed by atoms with Gasteiger partial charge in [-0.1, -0.05) is 41.4 Å². The van der Waals surface area contributed by atoms with E-state index in [1.54, 1.807) is 6.20 Å². The number of aromatic nitrogens is 3. The Morgan fingerprint density at radius 3 is 2.86 bits per heavy atom. The van der Waals surface area contributed by atoms with Crippen molar-refractivity contribution < 1.29 is 9.53 Å². The number of carbonyl (C=O) groups excluding carboxylic acids is 1. The van der Waals surface area contributed by atoms with E-state index in [1.165, 1.54) is 11.3 Å². The van der Waals surface area contributed by atoms with Crippen molar-refractivity contribution in [3.05, 3.63) is 71.6 Å². The van der Waals surface area contributed by atoms with Gasteiger partial charge >= 0.3 is 0 Å². The second kappa shape index (κ2) is 8.59. The summed E-state index contributed by atoms with van der Waals surface area (Å²) in [4.78, 5) is 21.8. The highest BCUT2D eigenvalue weighted by atomic mass is 32.1. The number of rotatable bonds is 5. The summed E-state index contributed by atoms with van der Waals surface area (Å²) in [6.07, 6.45) is 5.54. The summed E-state index contributed by atoms with van der Waals surface area (Å²) < 4.78 is 7.60. The number of thiazole rings is 1. The van der Waals surface area contributed by atoms with Crippen molar-refractivity contribution in [3.63, 3.8) is 0 Å². The maximum Gasteiger partial charge on any atom is 0.264 e. The van der Waals surface area contributed by atoms with Crippen molar-refractivity contribution in [1.29, 1.82) is 0 Å². The first-order valence-electron chi connectivity index (χ1n) is 9.03. The van der Waals surface area contributed by atoms with Crippen molar-refractivity contribution in [3.8, 4) is 22.7 Å². The van der Waals surface area contributed by atoms with E-state index in [1.807, 2.05) is 66.3 Å². The highest BCUT2D eigenvalue weighted by Crippen LogP contribution is 2.23. The van der Waals surface area contributed by atoms with Gasteiger partial charge in [-0.05, 0) is 31.2 Å². The van der Waals surface area contributed by atoms with Crippen LogP contribution < -0.4 is 10.1 Å². The van der Waals surface area contributed by atoms with Crippen molar-refractivity contribution in [2.24, 2.45) is 0 Å². The minimum Gasteiger partial charge on any atom is -0.479 e. The first-order chi connectivity index (χ1) is 14.2. The second-order valence-electron chi connectivity index (χ2n) is 6.16. The third kappa shape index (κ3) is 4.28. The molecule has 3 aromatic heterocycles. The minimum atomic E-state index is -0.174. The molecule has 0 unspecified atom stereocenters. The molecule has 1 N–H and O–H groups in total. The molecule has 4 aromatic rings. The molecule has 7 heteroatoms. The molecular weight excluding hydrogens is 384 g/mol. The van der Waals surface area contributed by atoms with Gasteiger partial charge in [-0.3, -0.25) is 9.78 Å². The fourth-order valence-corrected chi connectivity index (χ4v) is 3.74. The number of hydrogen-bond acceptors (Lipinski definition) is 5. The molecule has 0 bridgehead atoms. The zero-order valence-corrected chi connectivity index (χ0v) is 16.6. The van der Waals surface area contributed by atoms with E-state index in [0.717, 1.165) is 16.0 Å². The van der Waals surface area contributed by atoms with Crippen LogP contribution in [0.3, 0.4) is 0 Å². The molecular formula is C22H18N4O2S. The number of hydrogen-bond donors (Lipinski definition) is 1. The van der Waals surface area contributed by atoms with E-state index in [9.17, 15) is 4.79 Å². The third-order valence-electron chi connectivity index (χ3n) is 4.17. The monoisotopic (exact) mass is 402 g/mol. The van der Waals surface area contributed by atoms with Crippen LogP contribution >= 0.6 is 11.3 Å². The topological polar surface area (TPSA) is 69.0 Å². The summed E-state index contributed by atoms with van der Waals surface area (Å²) in [5.41, 5.74) is 1.51. The van der Waals surface area contributed by atoms with Crippen LogP contribution in [0.5, 0.6) is 5.75 Å². The van der Waals surface area contributed by atoms with E-state index in [2.05, 4.69) is 27.1 Å². The molecule has 1 aromatic carbocycles. The summed E-state index contributed by atoms with van der Waals surface area (Å²) in [5.74, 6) is 6.35. The lowest BCUT2D eigenvalue weighted by Gasteiger charge is -2.05. The van der Waals surface area contributed by atoms with Gasteiger partial charge in [-0.2, -0.15) is 0 Å². The highest BCUT2D eigenvalue weighted by Gasteiger charge is 2.15. The van der Waals surface area contributed by atoms with Crippen LogP contribution in [0.4, 0.5) is 0 Å². The van der Waals surface area contributed by atoms with Crippen LogP contribution in [-0.4, -0.2) is 33.6 Å². The lowest BCUT2D eigenvalue weighted by molar-refractivity contribution is 0.0962. The SMILES string of the molecule is Cc1nc(-n2cccc2)sc1C(=O)NCC#CCOc1cccc2cccnc12. The van der Waals surface area contributed by atoms with Crippen LogP contribution in [0.2, 0.25) is 0 Å². The maximum atomic E-state index is 12.4. The minimum absolute atomic E-state index is 0.174. The van der Waals surface area contributed by atoms with E-state index >= 15 is 0 Å². The fraction of sp³-hybridized carbons (Fsp3) is 0.136. The van der Waals surface area contributed by atoms with E-state index in [4.69, 9.17) is 4.74 Å². The van der Waals surface area contributed by atoms with Crippen molar-refractivity contribution in [2.75, 3.05) is 13.2 Å². The molecule has 0 aliphatic carbocycles. The van der Waals surface area contributed by atoms with Gasteiger partial charge in [-0.25, -0.2) is 4.98 Å². The standard InChI is InChI=1S/C22H18N4O2S/c1-16-20(29-22(25-16)26-13-3-4-14-26)21(27)24-11-2-5-15-28-18-10-6-8-17-9-7-12-23-19(17)18/h3-4,6-10,12-14H,11,15H2,1H3,(H,24,27). The van der Waals surface area contributed by atoms with Crippen LogP contribution in [-0.2, 0) is 0 Å². The predicted molar refractivity (Wildman–Crippen MR) is 114 cm³/mol. The Bertz CT molecular complexity index is 1200. The maximum absolute atomic E-state index is 12.4. The molecule has 0 saturated carbocycles. The molecule has 0 radical (unpaired) electrons. The van der Waals surface area contributed by atoms with Crippen molar-refractivity contribution >= 4 is 28.1 Å². The lowest BCUT2D eigenvalue weighted by atomic mass is 10.2. The Kier molecular flexibility index (Phi) is 5.54. The Hall–Kier alpha value is -3.63. The molecule has 0 spiro atoms. The van der Waals surface area contributed by atoms with Crippen LogP contribution in [0, 0.1) is 18.8 Å². The molecule has 4 rings (SSSR count). The number of amides is 1. The zero-order valence-electron chi connectivity index (χ0n) is 15.8. The Balaban J connectivity index is 1.31. The molecule has 0 saturated heterocycles. The Labute approximate surface area is 172 Å². The molecule has 1 amide bonds. The van der Waals surface area contributed by atoms with Gasteiger partial charge in [0, 0.05) is 24.0 Å². The number of fused-ring (bicyclic) bond motifs is 1. The summed E-state index contributed by atoms with van der Waals surface area (Å²) in [6, 6.07) is 13.5. The quantitative estimate of drug-likeness (QED) is 0.518.